The lowest BCUT2D eigenvalue weighted by atomic mass is 10.1. The van der Waals surface area contributed by atoms with Gasteiger partial charge in [-0.1, -0.05) is 18.2 Å². The lowest BCUT2D eigenvalue weighted by Gasteiger charge is -2.30. The summed E-state index contributed by atoms with van der Waals surface area (Å²) in [6, 6.07) is 13.8. The number of hydrogen-bond donors (Lipinski definition) is 1. The van der Waals surface area contributed by atoms with Crippen molar-refractivity contribution in [3.05, 3.63) is 54.1 Å². The lowest BCUT2D eigenvalue weighted by Crippen LogP contribution is -2.37. The molecule has 27 heavy (non-hydrogen) atoms. The van der Waals surface area contributed by atoms with E-state index >= 15 is 0 Å². The molecular formula is C19H23N3O4S. The highest BCUT2D eigenvalue weighted by Crippen LogP contribution is 2.27. The zero-order valence-corrected chi connectivity index (χ0v) is 16.2. The molecule has 0 spiro atoms. The molecule has 1 N–H and O–H groups in total. The van der Waals surface area contributed by atoms with Crippen molar-refractivity contribution in [2.75, 3.05) is 50.6 Å². The number of para-hydroxylation sites is 1. The van der Waals surface area contributed by atoms with Crippen LogP contribution in [-0.2, 0) is 14.8 Å². The quantitative estimate of drug-likeness (QED) is 0.847. The van der Waals surface area contributed by atoms with E-state index in [0.717, 1.165) is 4.31 Å². The second-order valence-corrected chi connectivity index (χ2v) is 8.54. The summed E-state index contributed by atoms with van der Waals surface area (Å²) in [4.78, 5) is 15.1. The highest BCUT2D eigenvalue weighted by atomic mass is 32.2. The van der Waals surface area contributed by atoms with E-state index in [1.54, 1.807) is 24.3 Å². The Morgan fingerprint density at radius 2 is 1.74 bits per heavy atom. The van der Waals surface area contributed by atoms with Crippen LogP contribution in [0.5, 0.6) is 0 Å². The van der Waals surface area contributed by atoms with Crippen LogP contribution in [0.4, 0.5) is 11.4 Å². The van der Waals surface area contributed by atoms with Crippen molar-refractivity contribution in [1.29, 1.82) is 0 Å². The molecule has 0 bridgehead atoms. The molecule has 1 saturated heterocycles. The number of carbonyl (C=O) groups excluding carboxylic acids is 1. The Kier molecular flexibility index (Phi) is 5.79. The topological polar surface area (TPSA) is 79.0 Å². The fraction of sp³-hybridized carbons (Fsp3) is 0.316. The first-order valence-corrected chi connectivity index (χ1v) is 10.1. The van der Waals surface area contributed by atoms with E-state index in [2.05, 4.69) is 5.32 Å². The molecule has 2 aromatic rings. The van der Waals surface area contributed by atoms with Crippen LogP contribution in [0.2, 0.25) is 0 Å². The molecule has 0 radical (unpaired) electrons. The number of carbonyl (C=O) groups is 1. The number of amides is 1. The van der Waals surface area contributed by atoms with Gasteiger partial charge in [0.05, 0.1) is 23.7 Å². The van der Waals surface area contributed by atoms with Crippen molar-refractivity contribution >= 4 is 27.3 Å². The highest BCUT2D eigenvalue weighted by molar-refractivity contribution is 7.89. The number of anilines is 2. The molecule has 0 aromatic heterocycles. The maximum Gasteiger partial charge on any atom is 0.257 e. The molecule has 0 saturated carbocycles. The third-order valence-electron chi connectivity index (χ3n) is 4.37. The number of morpholine rings is 1. The van der Waals surface area contributed by atoms with E-state index in [1.165, 1.54) is 20.2 Å². The molecule has 1 aliphatic heterocycles. The number of nitrogens with zero attached hydrogens (tertiary/aromatic N) is 2. The molecule has 0 unspecified atom stereocenters. The van der Waals surface area contributed by atoms with Crippen molar-refractivity contribution in [3.8, 4) is 0 Å². The number of sulfonamides is 1. The van der Waals surface area contributed by atoms with Gasteiger partial charge in [-0.3, -0.25) is 4.79 Å². The summed E-state index contributed by atoms with van der Waals surface area (Å²) in [5.74, 6) is -0.349. The lowest BCUT2D eigenvalue weighted by molar-refractivity contribution is 0.102. The van der Waals surface area contributed by atoms with Gasteiger partial charge in [0.1, 0.15) is 0 Å². The summed E-state index contributed by atoms with van der Waals surface area (Å²) in [5, 5.41) is 2.84. The molecule has 1 aliphatic rings. The van der Waals surface area contributed by atoms with Crippen LogP contribution in [0.25, 0.3) is 0 Å². The van der Waals surface area contributed by atoms with Crippen LogP contribution in [0.15, 0.2) is 53.4 Å². The summed E-state index contributed by atoms with van der Waals surface area (Å²) in [6.07, 6.45) is 0. The molecule has 0 atom stereocenters. The predicted octanol–water partition coefficient (Wildman–Crippen LogP) is 2.03. The van der Waals surface area contributed by atoms with E-state index in [-0.39, 0.29) is 10.8 Å². The first-order chi connectivity index (χ1) is 12.9. The average molecular weight is 389 g/mol. The van der Waals surface area contributed by atoms with Gasteiger partial charge in [-0.2, -0.15) is 0 Å². The zero-order chi connectivity index (χ0) is 19.4. The Bertz CT molecular complexity index is 908. The number of nitrogens with one attached hydrogen (secondary N) is 1. The van der Waals surface area contributed by atoms with Gasteiger partial charge in [-0.15, -0.1) is 0 Å². The van der Waals surface area contributed by atoms with Crippen LogP contribution < -0.4 is 10.2 Å². The maximum absolute atomic E-state index is 12.9. The average Bonchev–Trinajstić information content (AvgIpc) is 2.68. The van der Waals surface area contributed by atoms with Crippen LogP contribution in [-0.4, -0.2) is 59.0 Å². The molecule has 8 heteroatoms. The van der Waals surface area contributed by atoms with Crippen LogP contribution >= 0.6 is 0 Å². The van der Waals surface area contributed by atoms with E-state index < -0.39 is 10.0 Å². The van der Waals surface area contributed by atoms with E-state index in [0.29, 0.717) is 43.2 Å². The van der Waals surface area contributed by atoms with Crippen LogP contribution in [0.1, 0.15) is 10.4 Å². The number of hydrogen-bond acceptors (Lipinski definition) is 5. The minimum absolute atomic E-state index is 0.0859. The zero-order valence-electron chi connectivity index (χ0n) is 15.4. The minimum Gasteiger partial charge on any atom is -0.378 e. The highest BCUT2D eigenvalue weighted by Gasteiger charge is 2.24. The van der Waals surface area contributed by atoms with E-state index in [9.17, 15) is 13.2 Å². The molecule has 0 aliphatic carbocycles. The molecule has 1 heterocycles. The van der Waals surface area contributed by atoms with Gasteiger partial charge < -0.3 is 15.0 Å². The van der Waals surface area contributed by atoms with Crippen LogP contribution in [0, 0.1) is 0 Å². The fourth-order valence-corrected chi connectivity index (χ4v) is 3.80. The van der Waals surface area contributed by atoms with Crippen molar-refractivity contribution in [1.82, 2.24) is 4.31 Å². The van der Waals surface area contributed by atoms with Gasteiger partial charge in [0.15, 0.2) is 0 Å². The maximum atomic E-state index is 12.9. The van der Waals surface area contributed by atoms with Gasteiger partial charge in [-0.25, -0.2) is 12.7 Å². The third-order valence-corrected chi connectivity index (χ3v) is 6.19. The molecule has 1 amide bonds. The molecule has 144 valence electrons. The second kappa shape index (κ2) is 8.08. The smallest absolute Gasteiger partial charge is 0.257 e. The van der Waals surface area contributed by atoms with Gasteiger partial charge in [0.25, 0.3) is 5.91 Å². The fourth-order valence-electron chi connectivity index (χ4n) is 2.87. The van der Waals surface area contributed by atoms with Gasteiger partial charge >= 0.3 is 0 Å². The summed E-state index contributed by atoms with van der Waals surface area (Å²) in [7, 11) is -0.709. The summed E-state index contributed by atoms with van der Waals surface area (Å²) in [5.41, 5.74) is 1.67. The first-order valence-electron chi connectivity index (χ1n) is 8.65. The Morgan fingerprint density at radius 3 is 2.37 bits per heavy atom. The van der Waals surface area contributed by atoms with Gasteiger partial charge in [-0.05, 0) is 30.3 Å². The first kappa shape index (κ1) is 19.3. The van der Waals surface area contributed by atoms with Crippen molar-refractivity contribution < 1.29 is 17.9 Å². The minimum atomic E-state index is -3.64. The summed E-state index contributed by atoms with van der Waals surface area (Å²) in [6.45, 7) is 2.42. The van der Waals surface area contributed by atoms with E-state index in [1.807, 2.05) is 23.1 Å². The van der Waals surface area contributed by atoms with Crippen molar-refractivity contribution in [2.24, 2.45) is 0 Å². The number of benzene rings is 2. The molecule has 2 aromatic carbocycles. The van der Waals surface area contributed by atoms with Gasteiger partial charge in [0.2, 0.25) is 10.0 Å². The standard InChI is InChI=1S/C19H23N3O4S/c1-21(2)27(24,25)16-8-9-18(22-10-12-26-13-11-22)17(14-16)19(23)20-15-6-4-3-5-7-15/h3-9,14H,10-13H2,1-2H3,(H,20,23). The summed E-state index contributed by atoms with van der Waals surface area (Å²) < 4.78 is 31.5. The SMILES string of the molecule is CN(C)S(=O)(=O)c1ccc(N2CCOCC2)c(C(=O)Nc2ccccc2)c1. The second-order valence-electron chi connectivity index (χ2n) is 6.39. The third kappa shape index (κ3) is 4.29. The Morgan fingerprint density at radius 1 is 1.07 bits per heavy atom. The van der Waals surface area contributed by atoms with Crippen molar-refractivity contribution in [2.45, 2.75) is 4.90 Å². The number of rotatable bonds is 5. The normalized spacial score (nSPS) is 15.0. The van der Waals surface area contributed by atoms with Crippen LogP contribution in [0.3, 0.4) is 0 Å². The molecular weight excluding hydrogens is 366 g/mol. The molecule has 7 nitrogen and oxygen atoms in total. The van der Waals surface area contributed by atoms with Crippen molar-refractivity contribution in [3.63, 3.8) is 0 Å². The molecule has 3 rings (SSSR count). The summed E-state index contributed by atoms with van der Waals surface area (Å²) >= 11 is 0. The number of ether oxygens (including phenoxy) is 1. The Balaban J connectivity index is 2.02. The Hall–Kier alpha value is -2.42. The van der Waals surface area contributed by atoms with E-state index in [4.69, 9.17) is 4.74 Å². The Labute approximate surface area is 159 Å². The largest absolute Gasteiger partial charge is 0.378 e. The predicted molar refractivity (Wildman–Crippen MR) is 105 cm³/mol. The molecule has 1 fully saturated rings. The van der Waals surface area contributed by atoms with Gasteiger partial charge in [0, 0.05) is 38.6 Å². The monoisotopic (exact) mass is 389 g/mol.